The molecule has 0 aliphatic carbocycles. The summed E-state index contributed by atoms with van der Waals surface area (Å²) in [6, 6.07) is 1.17. The third-order valence-electron chi connectivity index (χ3n) is 4.26. The van der Waals surface area contributed by atoms with Crippen molar-refractivity contribution in [3.63, 3.8) is 0 Å². The van der Waals surface area contributed by atoms with Gasteiger partial charge in [0, 0.05) is 18.6 Å². The van der Waals surface area contributed by atoms with Crippen LogP contribution in [0.3, 0.4) is 0 Å². The molecule has 108 valence electrons. The van der Waals surface area contributed by atoms with Crippen LogP contribution in [0.4, 0.5) is 0 Å². The second-order valence-corrected chi connectivity index (χ2v) is 5.65. The first kappa shape index (κ1) is 14.5. The van der Waals surface area contributed by atoms with Gasteiger partial charge in [-0.2, -0.15) is 4.98 Å². The standard InChI is InChI=1S/C14H26N4O/c1-5-7-15-13-6-8-18(11(3)10(13)2)9-14-16-12(4)17-19-14/h10-11,13,15H,5-9H2,1-4H3. The fraction of sp³-hybridized carbons (Fsp3) is 0.857. The minimum atomic E-state index is 0.537. The minimum Gasteiger partial charge on any atom is -0.338 e. The van der Waals surface area contributed by atoms with Gasteiger partial charge in [0.15, 0.2) is 5.82 Å². The topological polar surface area (TPSA) is 54.2 Å². The van der Waals surface area contributed by atoms with Crippen molar-refractivity contribution in [2.24, 2.45) is 5.92 Å². The zero-order chi connectivity index (χ0) is 13.8. The van der Waals surface area contributed by atoms with Crippen LogP contribution in [-0.2, 0) is 6.54 Å². The summed E-state index contributed by atoms with van der Waals surface area (Å²) < 4.78 is 5.22. The summed E-state index contributed by atoms with van der Waals surface area (Å²) in [7, 11) is 0. The summed E-state index contributed by atoms with van der Waals surface area (Å²) in [5.74, 6) is 2.09. The molecule has 5 nitrogen and oxygen atoms in total. The smallest absolute Gasteiger partial charge is 0.240 e. The van der Waals surface area contributed by atoms with Crippen LogP contribution in [0.25, 0.3) is 0 Å². The van der Waals surface area contributed by atoms with Crippen molar-refractivity contribution in [1.29, 1.82) is 0 Å². The van der Waals surface area contributed by atoms with Gasteiger partial charge in [0.2, 0.25) is 5.89 Å². The van der Waals surface area contributed by atoms with Crippen molar-refractivity contribution >= 4 is 0 Å². The largest absolute Gasteiger partial charge is 0.338 e. The maximum atomic E-state index is 5.22. The third-order valence-corrected chi connectivity index (χ3v) is 4.26. The molecular weight excluding hydrogens is 240 g/mol. The SMILES string of the molecule is CCCNC1CCN(Cc2nc(C)no2)C(C)C1C. The van der Waals surface area contributed by atoms with Crippen LogP contribution in [0.1, 0.15) is 45.3 Å². The molecule has 1 saturated heterocycles. The van der Waals surface area contributed by atoms with Gasteiger partial charge in [-0.05, 0) is 39.2 Å². The summed E-state index contributed by atoms with van der Waals surface area (Å²) >= 11 is 0. The van der Waals surface area contributed by atoms with Crippen molar-refractivity contribution in [2.45, 2.75) is 59.2 Å². The second-order valence-electron chi connectivity index (χ2n) is 5.65. The lowest BCUT2D eigenvalue weighted by Gasteiger charge is -2.42. The Morgan fingerprint density at radius 3 is 2.84 bits per heavy atom. The lowest BCUT2D eigenvalue weighted by atomic mass is 9.87. The van der Waals surface area contributed by atoms with Crippen molar-refractivity contribution in [2.75, 3.05) is 13.1 Å². The molecule has 1 aliphatic heterocycles. The molecule has 0 spiro atoms. The van der Waals surface area contributed by atoms with E-state index < -0.39 is 0 Å². The van der Waals surface area contributed by atoms with E-state index in [1.807, 2.05) is 6.92 Å². The highest BCUT2D eigenvalue weighted by atomic mass is 16.5. The van der Waals surface area contributed by atoms with Crippen LogP contribution < -0.4 is 5.32 Å². The number of rotatable bonds is 5. The molecule has 1 aromatic heterocycles. The molecular formula is C14H26N4O. The molecule has 3 atom stereocenters. The molecule has 3 unspecified atom stereocenters. The van der Waals surface area contributed by atoms with Gasteiger partial charge < -0.3 is 9.84 Å². The molecule has 0 saturated carbocycles. The van der Waals surface area contributed by atoms with E-state index in [0.717, 1.165) is 31.3 Å². The Hall–Kier alpha value is -0.940. The number of hydrogen-bond acceptors (Lipinski definition) is 5. The molecule has 19 heavy (non-hydrogen) atoms. The van der Waals surface area contributed by atoms with Crippen LogP contribution >= 0.6 is 0 Å². The molecule has 1 N–H and O–H groups in total. The lowest BCUT2D eigenvalue weighted by Crippen LogP contribution is -2.53. The molecule has 2 rings (SSSR count). The Morgan fingerprint density at radius 1 is 1.42 bits per heavy atom. The van der Waals surface area contributed by atoms with Gasteiger partial charge in [-0.3, -0.25) is 4.90 Å². The van der Waals surface area contributed by atoms with E-state index in [0.29, 0.717) is 18.0 Å². The summed E-state index contributed by atoms with van der Waals surface area (Å²) in [5, 5.41) is 7.52. The highest BCUT2D eigenvalue weighted by Gasteiger charge is 2.32. The van der Waals surface area contributed by atoms with Gasteiger partial charge in [0.1, 0.15) is 0 Å². The van der Waals surface area contributed by atoms with E-state index in [1.165, 1.54) is 12.8 Å². The molecule has 5 heteroatoms. The summed E-state index contributed by atoms with van der Waals surface area (Å²) in [6.07, 6.45) is 2.39. The van der Waals surface area contributed by atoms with Crippen LogP contribution in [0.2, 0.25) is 0 Å². The van der Waals surface area contributed by atoms with Gasteiger partial charge in [-0.1, -0.05) is 19.0 Å². The predicted octanol–water partition coefficient (Wildman–Crippen LogP) is 1.98. The quantitative estimate of drug-likeness (QED) is 0.883. The fourth-order valence-electron chi connectivity index (χ4n) is 2.86. The number of aromatic nitrogens is 2. The summed E-state index contributed by atoms with van der Waals surface area (Å²) in [6.45, 7) is 11.7. The minimum absolute atomic E-state index is 0.537. The number of aryl methyl sites for hydroxylation is 1. The highest BCUT2D eigenvalue weighted by molar-refractivity contribution is 4.91. The van der Waals surface area contributed by atoms with Crippen LogP contribution in [0, 0.1) is 12.8 Å². The number of nitrogens with zero attached hydrogens (tertiary/aromatic N) is 3. The normalized spacial score (nSPS) is 28.7. The molecule has 0 amide bonds. The van der Waals surface area contributed by atoms with Crippen molar-refractivity contribution in [3.8, 4) is 0 Å². The first-order chi connectivity index (χ1) is 9.11. The number of piperidine rings is 1. The van der Waals surface area contributed by atoms with Crippen LogP contribution in [0.15, 0.2) is 4.52 Å². The number of nitrogens with one attached hydrogen (secondary N) is 1. The molecule has 1 aliphatic rings. The second kappa shape index (κ2) is 6.48. The number of likely N-dealkylation sites (tertiary alicyclic amines) is 1. The Labute approximate surface area is 115 Å². The van der Waals surface area contributed by atoms with Gasteiger partial charge >= 0.3 is 0 Å². The fourth-order valence-corrected chi connectivity index (χ4v) is 2.86. The number of hydrogen-bond donors (Lipinski definition) is 1. The van der Waals surface area contributed by atoms with Crippen molar-refractivity contribution in [1.82, 2.24) is 20.4 Å². The average molecular weight is 266 g/mol. The monoisotopic (exact) mass is 266 g/mol. The average Bonchev–Trinajstić information content (AvgIpc) is 2.80. The van der Waals surface area contributed by atoms with E-state index in [9.17, 15) is 0 Å². The van der Waals surface area contributed by atoms with Crippen molar-refractivity contribution in [3.05, 3.63) is 11.7 Å². The molecule has 1 fully saturated rings. The Bertz CT molecular complexity index is 393. The van der Waals surface area contributed by atoms with E-state index in [-0.39, 0.29) is 0 Å². The maximum absolute atomic E-state index is 5.22. The van der Waals surface area contributed by atoms with Crippen molar-refractivity contribution < 1.29 is 4.52 Å². The van der Waals surface area contributed by atoms with E-state index >= 15 is 0 Å². The molecule has 1 aromatic rings. The first-order valence-corrected chi connectivity index (χ1v) is 7.38. The molecule has 2 heterocycles. The van der Waals surface area contributed by atoms with Crippen LogP contribution in [0.5, 0.6) is 0 Å². The summed E-state index contributed by atoms with van der Waals surface area (Å²) in [4.78, 5) is 6.74. The molecule has 0 aromatic carbocycles. The molecule has 0 radical (unpaired) electrons. The summed E-state index contributed by atoms with van der Waals surface area (Å²) in [5.41, 5.74) is 0. The molecule has 0 bridgehead atoms. The van der Waals surface area contributed by atoms with Gasteiger partial charge in [-0.15, -0.1) is 0 Å². The van der Waals surface area contributed by atoms with E-state index in [2.05, 4.69) is 41.1 Å². The lowest BCUT2D eigenvalue weighted by molar-refractivity contribution is 0.0690. The predicted molar refractivity (Wildman–Crippen MR) is 74.8 cm³/mol. The van der Waals surface area contributed by atoms with Crippen LogP contribution in [-0.4, -0.2) is 40.2 Å². The van der Waals surface area contributed by atoms with Gasteiger partial charge in [0.05, 0.1) is 6.54 Å². The van der Waals surface area contributed by atoms with Gasteiger partial charge in [-0.25, -0.2) is 0 Å². The first-order valence-electron chi connectivity index (χ1n) is 7.38. The Balaban J connectivity index is 1.91. The van der Waals surface area contributed by atoms with Gasteiger partial charge in [0.25, 0.3) is 0 Å². The van der Waals surface area contributed by atoms with E-state index in [1.54, 1.807) is 0 Å². The highest BCUT2D eigenvalue weighted by Crippen LogP contribution is 2.25. The van der Waals surface area contributed by atoms with E-state index in [4.69, 9.17) is 4.52 Å². The zero-order valence-electron chi connectivity index (χ0n) is 12.5. The Morgan fingerprint density at radius 2 is 2.21 bits per heavy atom. The maximum Gasteiger partial charge on any atom is 0.240 e. The zero-order valence-corrected chi connectivity index (χ0v) is 12.5. The third kappa shape index (κ3) is 3.54. The Kier molecular flexibility index (Phi) is 4.93.